The summed E-state index contributed by atoms with van der Waals surface area (Å²) in [6.07, 6.45) is 10.4. The van der Waals surface area contributed by atoms with E-state index < -0.39 is 5.60 Å². The van der Waals surface area contributed by atoms with Crippen LogP contribution in [0.5, 0.6) is 0 Å². The summed E-state index contributed by atoms with van der Waals surface area (Å²) < 4.78 is 0. The molecule has 2 heterocycles. The van der Waals surface area contributed by atoms with Crippen LogP contribution in [0.25, 0.3) is 11.1 Å². The summed E-state index contributed by atoms with van der Waals surface area (Å²) in [4.78, 5) is 28.9. The van der Waals surface area contributed by atoms with Crippen LogP contribution in [-0.2, 0) is 4.79 Å². The molecule has 2 saturated carbocycles. The lowest BCUT2D eigenvalue weighted by Crippen LogP contribution is -2.53. The fourth-order valence-corrected chi connectivity index (χ4v) is 6.69. The van der Waals surface area contributed by atoms with E-state index in [1.807, 2.05) is 24.3 Å². The van der Waals surface area contributed by atoms with Crippen LogP contribution in [0.2, 0.25) is 0 Å². The number of carbonyl (C=O) groups is 2. The normalized spacial score (nSPS) is 24.6. The number of nitrogens with one attached hydrogen (secondary N) is 2. The summed E-state index contributed by atoms with van der Waals surface area (Å²) in [5.41, 5.74) is 10.5. The van der Waals surface area contributed by atoms with Crippen LogP contribution in [-0.4, -0.2) is 65.0 Å². The first-order chi connectivity index (χ1) is 18.5. The summed E-state index contributed by atoms with van der Waals surface area (Å²) in [5.74, 6) is -0.187. The second-order valence-corrected chi connectivity index (χ2v) is 11.9. The second-order valence-electron chi connectivity index (χ2n) is 11.9. The summed E-state index contributed by atoms with van der Waals surface area (Å²) in [6.45, 7) is 2.99. The first-order valence-electron chi connectivity index (χ1n) is 14.5. The molecule has 2 saturated heterocycles. The third-order valence-electron chi connectivity index (χ3n) is 9.33. The molecule has 2 aliphatic carbocycles. The zero-order valence-electron chi connectivity index (χ0n) is 22.3. The van der Waals surface area contributed by atoms with E-state index >= 15 is 0 Å². The number of rotatable bonds is 4. The van der Waals surface area contributed by atoms with Crippen LogP contribution in [0.3, 0.4) is 0 Å². The predicted molar refractivity (Wildman–Crippen MR) is 147 cm³/mol. The van der Waals surface area contributed by atoms with Gasteiger partial charge < -0.3 is 14.9 Å². The summed E-state index contributed by atoms with van der Waals surface area (Å²) in [5, 5.41) is 10.1. The van der Waals surface area contributed by atoms with E-state index in [1.165, 1.54) is 50.5 Å². The monoisotopic (exact) mass is 516 g/mol. The number of piperazine rings is 1. The average Bonchev–Trinajstić information content (AvgIpc) is 3.56. The molecule has 3 N–H and O–H groups in total. The number of nitrogens with zero attached hydrogens (tertiary/aromatic N) is 2. The van der Waals surface area contributed by atoms with E-state index in [1.54, 1.807) is 9.80 Å². The maximum atomic E-state index is 13.1. The smallest absolute Gasteiger partial charge is 0.254 e. The molecule has 202 valence electrons. The van der Waals surface area contributed by atoms with Gasteiger partial charge in [-0.2, -0.15) is 0 Å². The van der Waals surface area contributed by atoms with Crippen molar-refractivity contribution in [3.63, 3.8) is 0 Å². The van der Waals surface area contributed by atoms with Crippen molar-refractivity contribution in [1.82, 2.24) is 20.7 Å². The second kappa shape index (κ2) is 10.4. The maximum absolute atomic E-state index is 13.1. The van der Waals surface area contributed by atoms with E-state index in [9.17, 15) is 14.7 Å². The van der Waals surface area contributed by atoms with Crippen LogP contribution in [0.1, 0.15) is 79.8 Å². The van der Waals surface area contributed by atoms with Crippen LogP contribution in [0.15, 0.2) is 48.5 Å². The van der Waals surface area contributed by atoms with Gasteiger partial charge in [-0.05, 0) is 54.5 Å². The third kappa shape index (κ3) is 4.99. The van der Waals surface area contributed by atoms with Gasteiger partial charge in [-0.25, -0.2) is 5.43 Å². The van der Waals surface area contributed by atoms with Gasteiger partial charge in [-0.3, -0.25) is 15.0 Å². The molecule has 6 rings (SSSR count). The van der Waals surface area contributed by atoms with E-state index in [4.69, 9.17) is 0 Å². The fourth-order valence-electron chi connectivity index (χ4n) is 6.69. The van der Waals surface area contributed by atoms with Gasteiger partial charge in [0, 0.05) is 43.7 Å². The minimum Gasteiger partial charge on any atom is -0.380 e. The third-order valence-corrected chi connectivity index (χ3v) is 9.33. The van der Waals surface area contributed by atoms with Crippen LogP contribution in [0.4, 0.5) is 0 Å². The van der Waals surface area contributed by atoms with Crippen molar-refractivity contribution >= 4 is 11.8 Å². The number of hydrogen-bond acceptors (Lipinski definition) is 5. The fraction of sp³-hybridized carbons (Fsp3) is 0.548. The minimum absolute atomic E-state index is 0.00608. The van der Waals surface area contributed by atoms with E-state index in [0.29, 0.717) is 56.0 Å². The Bertz CT molecular complexity index is 1140. The Morgan fingerprint density at radius 1 is 0.737 bits per heavy atom. The molecule has 2 aliphatic heterocycles. The lowest BCUT2D eigenvalue weighted by Gasteiger charge is -2.36. The van der Waals surface area contributed by atoms with Crippen molar-refractivity contribution in [2.45, 2.75) is 69.4 Å². The number of carbonyl (C=O) groups excluding carboxylic acids is 2. The molecule has 4 fully saturated rings. The molecule has 0 radical (unpaired) electrons. The van der Waals surface area contributed by atoms with Crippen LogP contribution in [0, 0.1) is 5.41 Å². The SMILES string of the molecule is O=C(c1ccc(-c2ccc(C3NNCC34CCCCCCC4)cc2)cc1)N1CCN(C(=O)C2(O)CC2)CC1. The van der Waals surface area contributed by atoms with Gasteiger partial charge in [0.2, 0.25) is 0 Å². The zero-order chi connectivity index (χ0) is 26.2. The lowest BCUT2D eigenvalue weighted by atomic mass is 9.70. The standard InChI is InChI=1S/C31H40N4O3/c36-28(34-18-20-35(21-19-34)29(37)31(38)16-17-31)26-12-8-24(9-13-26)23-6-10-25(11-7-23)27-30(22-32-33-27)14-4-2-1-3-5-15-30/h6-13,27,32-33,38H,1-5,14-22H2. The molecule has 0 aromatic heterocycles. The highest BCUT2D eigenvalue weighted by Crippen LogP contribution is 2.46. The number of hydrogen-bond donors (Lipinski definition) is 3. The Morgan fingerprint density at radius 2 is 1.29 bits per heavy atom. The molecular formula is C31H40N4O3. The van der Waals surface area contributed by atoms with Crippen LogP contribution >= 0.6 is 0 Å². The topological polar surface area (TPSA) is 84.9 Å². The van der Waals surface area contributed by atoms with Gasteiger partial charge in [-0.15, -0.1) is 0 Å². The molecular weight excluding hydrogens is 476 g/mol. The predicted octanol–water partition coefficient (Wildman–Crippen LogP) is 4.04. The van der Waals surface area contributed by atoms with Crippen molar-refractivity contribution < 1.29 is 14.7 Å². The van der Waals surface area contributed by atoms with Gasteiger partial charge in [0.25, 0.3) is 11.8 Å². The first kappa shape index (κ1) is 25.5. The van der Waals surface area contributed by atoms with Crippen LogP contribution < -0.4 is 10.9 Å². The minimum atomic E-state index is -1.14. The van der Waals surface area contributed by atoms with Crippen molar-refractivity contribution in [3.05, 3.63) is 59.7 Å². The Morgan fingerprint density at radius 3 is 1.89 bits per heavy atom. The zero-order valence-corrected chi connectivity index (χ0v) is 22.3. The molecule has 2 aromatic carbocycles. The highest BCUT2D eigenvalue weighted by molar-refractivity contribution is 5.95. The Balaban J connectivity index is 1.08. The molecule has 1 atom stereocenters. The number of aliphatic hydroxyl groups is 1. The summed E-state index contributed by atoms with van der Waals surface area (Å²) >= 11 is 0. The van der Waals surface area contributed by atoms with Crippen molar-refractivity contribution in [2.75, 3.05) is 32.7 Å². The molecule has 2 amide bonds. The van der Waals surface area contributed by atoms with Gasteiger partial charge in [0.1, 0.15) is 5.60 Å². The highest BCUT2D eigenvalue weighted by atomic mass is 16.3. The van der Waals surface area contributed by atoms with Gasteiger partial charge in [0.05, 0.1) is 6.04 Å². The quantitative estimate of drug-likeness (QED) is 0.571. The molecule has 38 heavy (non-hydrogen) atoms. The summed E-state index contributed by atoms with van der Waals surface area (Å²) in [7, 11) is 0. The molecule has 0 bridgehead atoms. The van der Waals surface area contributed by atoms with Crippen molar-refractivity contribution in [2.24, 2.45) is 5.41 Å². The summed E-state index contributed by atoms with van der Waals surface area (Å²) in [6, 6.07) is 17.1. The Hall–Kier alpha value is -2.74. The number of benzene rings is 2. The number of amides is 2. The first-order valence-corrected chi connectivity index (χ1v) is 14.5. The van der Waals surface area contributed by atoms with Gasteiger partial charge in [-0.1, -0.05) is 68.5 Å². The Labute approximate surface area is 225 Å². The maximum Gasteiger partial charge on any atom is 0.254 e. The molecule has 4 aliphatic rings. The van der Waals surface area contributed by atoms with E-state index in [2.05, 4.69) is 35.1 Å². The number of hydrazine groups is 1. The van der Waals surface area contributed by atoms with E-state index in [-0.39, 0.29) is 11.8 Å². The van der Waals surface area contributed by atoms with Crippen molar-refractivity contribution in [1.29, 1.82) is 0 Å². The highest BCUT2D eigenvalue weighted by Gasteiger charge is 2.50. The lowest BCUT2D eigenvalue weighted by molar-refractivity contribution is -0.143. The largest absolute Gasteiger partial charge is 0.380 e. The van der Waals surface area contributed by atoms with E-state index in [0.717, 1.165) is 17.7 Å². The average molecular weight is 517 g/mol. The van der Waals surface area contributed by atoms with Crippen molar-refractivity contribution in [3.8, 4) is 11.1 Å². The molecule has 7 nitrogen and oxygen atoms in total. The molecule has 2 aromatic rings. The van der Waals surface area contributed by atoms with Gasteiger partial charge >= 0.3 is 0 Å². The van der Waals surface area contributed by atoms with Gasteiger partial charge in [0.15, 0.2) is 0 Å². The molecule has 7 heteroatoms. The Kier molecular flexibility index (Phi) is 7.01. The molecule has 1 spiro atoms. The molecule has 1 unspecified atom stereocenters.